The number of ether oxygens (including phenoxy) is 1. The number of benzene rings is 1. The van der Waals surface area contributed by atoms with Gasteiger partial charge in [-0.25, -0.2) is 0 Å². The predicted octanol–water partition coefficient (Wildman–Crippen LogP) is 3.34. The van der Waals surface area contributed by atoms with Crippen LogP contribution >= 0.6 is 15.9 Å². The zero-order valence-electron chi connectivity index (χ0n) is 14.1. The Morgan fingerprint density at radius 1 is 1.26 bits per heavy atom. The molecular weight excluding hydrogens is 360 g/mol. The second-order valence-electron chi connectivity index (χ2n) is 6.25. The van der Waals surface area contributed by atoms with Crippen LogP contribution < -0.4 is 15.4 Å². The summed E-state index contributed by atoms with van der Waals surface area (Å²) in [4.78, 5) is 23.7. The number of para-hydroxylation sites is 2. The van der Waals surface area contributed by atoms with Gasteiger partial charge in [-0.3, -0.25) is 9.59 Å². The van der Waals surface area contributed by atoms with Crippen LogP contribution in [0, 0.1) is 5.41 Å². The fourth-order valence-corrected chi connectivity index (χ4v) is 2.01. The third-order valence-electron chi connectivity index (χ3n) is 3.10. The van der Waals surface area contributed by atoms with Crippen molar-refractivity contribution in [3.05, 3.63) is 24.3 Å². The molecule has 1 aromatic rings. The van der Waals surface area contributed by atoms with Crippen molar-refractivity contribution in [2.24, 2.45) is 5.41 Å². The summed E-state index contributed by atoms with van der Waals surface area (Å²) < 4.78 is 5.46. The van der Waals surface area contributed by atoms with E-state index >= 15 is 0 Å². The lowest BCUT2D eigenvalue weighted by Crippen LogP contribution is -2.39. The van der Waals surface area contributed by atoms with Crippen LogP contribution in [0.5, 0.6) is 5.75 Å². The van der Waals surface area contributed by atoms with Crippen molar-refractivity contribution < 1.29 is 14.3 Å². The van der Waals surface area contributed by atoms with Crippen LogP contribution in [0.2, 0.25) is 0 Å². The average molecular weight is 385 g/mol. The molecule has 1 atom stereocenters. The Kier molecular flexibility index (Phi) is 7.55. The van der Waals surface area contributed by atoms with Crippen LogP contribution in [0.15, 0.2) is 24.3 Å². The molecule has 1 aromatic carbocycles. The lowest BCUT2D eigenvalue weighted by molar-refractivity contribution is -0.122. The molecule has 0 aliphatic heterocycles. The number of alkyl halides is 1. The first-order chi connectivity index (χ1) is 10.8. The first-order valence-corrected chi connectivity index (χ1v) is 8.60. The average Bonchev–Trinajstić information content (AvgIpc) is 2.47. The van der Waals surface area contributed by atoms with Crippen molar-refractivity contribution >= 4 is 33.4 Å². The number of carbonyl (C=O) groups is 2. The van der Waals surface area contributed by atoms with Gasteiger partial charge in [-0.05, 0) is 24.5 Å². The Hall–Kier alpha value is -1.56. The Morgan fingerprint density at radius 2 is 1.91 bits per heavy atom. The highest BCUT2D eigenvalue weighted by Gasteiger charge is 2.28. The van der Waals surface area contributed by atoms with E-state index < -0.39 is 0 Å². The van der Waals surface area contributed by atoms with Gasteiger partial charge in [-0.1, -0.05) is 48.8 Å². The number of carbonyl (C=O) groups excluding carboxylic acids is 2. The van der Waals surface area contributed by atoms with Gasteiger partial charge in [0.2, 0.25) is 11.8 Å². The van der Waals surface area contributed by atoms with Gasteiger partial charge in [-0.15, -0.1) is 0 Å². The van der Waals surface area contributed by atoms with E-state index in [1.807, 2.05) is 39.8 Å². The standard InChI is InChI=1S/C17H25BrN2O3/c1-5-23-13-9-7-6-8-12(13)20-14(21)10-11-19-16(22)15(18)17(2,3)4/h6-9,15H,5,10-11H2,1-4H3,(H,19,22)(H,20,21)/t15-/m1/s1. The normalized spacial score (nSPS) is 12.4. The molecule has 0 saturated carbocycles. The molecule has 0 aliphatic carbocycles. The molecule has 0 fully saturated rings. The fourth-order valence-electron chi connectivity index (χ4n) is 1.85. The van der Waals surface area contributed by atoms with E-state index in [1.165, 1.54) is 0 Å². The van der Waals surface area contributed by atoms with Crippen LogP contribution in [0.25, 0.3) is 0 Å². The molecule has 2 amide bonds. The van der Waals surface area contributed by atoms with Gasteiger partial charge in [0.15, 0.2) is 0 Å². The monoisotopic (exact) mass is 384 g/mol. The van der Waals surface area contributed by atoms with Crippen molar-refractivity contribution in [1.29, 1.82) is 0 Å². The predicted molar refractivity (Wildman–Crippen MR) is 96.0 cm³/mol. The summed E-state index contributed by atoms with van der Waals surface area (Å²) in [6.07, 6.45) is 0.204. The summed E-state index contributed by atoms with van der Waals surface area (Å²) in [7, 11) is 0. The molecule has 0 spiro atoms. The first-order valence-electron chi connectivity index (χ1n) is 7.69. The highest BCUT2D eigenvalue weighted by atomic mass is 79.9. The molecule has 128 valence electrons. The van der Waals surface area contributed by atoms with Gasteiger partial charge >= 0.3 is 0 Å². The molecule has 0 aromatic heterocycles. The molecular formula is C17H25BrN2O3. The summed E-state index contributed by atoms with van der Waals surface area (Å²) in [6, 6.07) is 7.28. The second kappa shape index (κ2) is 8.91. The molecule has 23 heavy (non-hydrogen) atoms. The number of hydrogen-bond acceptors (Lipinski definition) is 3. The molecule has 0 radical (unpaired) electrons. The first kappa shape index (κ1) is 19.5. The minimum Gasteiger partial charge on any atom is -0.492 e. The smallest absolute Gasteiger partial charge is 0.234 e. The summed E-state index contributed by atoms with van der Waals surface area (Å²) in [5.41, 5.74) is 0.460. The molecule has 5 nitrogen and oxygen atoms in total. The highest BCUT2D eigenvalue weighted by molar-refractivity contribution is 9.10. The number of anilines is 1. The van der Waals surface area contributed by atoms with Crippen LogP contribution in [0.3, 0.4) is 0 Å². The van der Waals surface area contributed by atoms with E-state index in [2.05, 4.69) is 26.6 Å². The lowest BCUT2D eigenvalue weighted by atomic mass is 9.92. The van der Waals surface area contributed by atoms with Crippen LogP contribution in [-0.4, -0.2) is 29.8 Å². The Balaban J connectivity index is 2.45. The summed E-state index contributed by atoms with van der Waals surface area (Å²) in [5, 5.41) is 5.57. The number of nitrogens with one attached hydrogen (secondary N) is 2. The van der Waals surface area contributed by atoms with E-state index in [4.69, 9.17) is 4.74 Å². The molecule has 0 aliphatic rings. The van der Waals surface area contributed by atoms with Gasteiger partial charge < -0.3 is 15.4 Å². The van der Waals surface area contributed by atoms with Gasteiger partial charge in [0, 0.05) is 13.0 Å². The molecule has 0 heterocycles. The highest BCUT2D eigenvalue weighted by Crippen LogP contribution is 2.26. The van der Waals surface area contributed by atoms with Crippen LogP contribution in [0.4, 0.5) is 5.69 Å². The molecule has 6 heteroatoms. The van der Waals surface area contributed by atoms with E-state index in [-0.39, 0.29) is 28.5 Å². The maximum Gasteiger partial charge on any atom is 0.234 e. The van der Waals surface area contributed by atoms with E-state index in [9.17, 15) is 9.59 Å². The molecule has 0 bridgehead atoms. The number of amides is 2. The molecule has 0 saturated heterocycles. The second-order valence-corrected chi connectivity index (χ2v) is 7.16. The van der Waals surface area contributed by atoms with E-state index in [0.717, 1.165) is 0 Å². The number of rotatable bonds is 7. The van der Waals surface area contributed by atoms with E-state index in [0.29, 0.717) is 24.6 Å². The largest absolute Gasteiger partial charge is 0.492 e. The quantitative estimate of drug-likeness (QED) is 0.708. The van der Waals surface area contributed by atoms with Crippen molar-refractivity contribution in [3.8, 4) is 5.75 Å². The summed E-state index contributed by atoms with van der Waals surface area (Å²) in [5.74, 6) is 0.361. The van der Waals surface area contributed by atoms with Crippen molar-refractivity contribution in [2.45, 2.75) is 38.9 Å². The Bertz CT molecular complexity index is 541. The summed E-state index contributed by atoms with van der Waals surface area (Å²) >= 11 is 3.38. The Labute approximate surface area is 146 Å². The minimum atomic E-state index is -0.295. The zero-order chi connectivity index (χ0) is 17.5. The Morgan fingerprint density at radius 3 is 2.52 bits per heavy atom. The molecule has 2 N–H and O–H groups in total. The maximum absolute atomic E-state index is 12.0. The lowest BCUT2D eigenvalue weighted by Gasteiger charge is -2.24. The molecule has 0 unspecified atom stereocenters. The van der Waals surface area contributed by atoms with Gasteiger partial charge in [0.05, 0.1) is 17.1 Å². The zero-order valence-corrected chi connectivity index (χ0v) is 15.7. The van der Waals surface area contributed by atoms with E-state index in [1.54, 1.807) is 12.1 Å². The van der Waals surface area contributed by atoms with Gasteiger partial charge in [0.1, 0.15) is 5.75 Å². The van der Waals surface area contributed by atoms with Crippen molar-refractivity contribution in [2.75, 3.05) is 18.5 Å². The third kappa shape index (κ3) is 6.60. The number of halogens is 1. The third-order valence-corrected chi connectivity index (χ3v) is 4.89. The van der Waals surface area contributed by atoms with Gasteiger partial charge in [-0.2, -0.15) is 0 Å². The fraction of sp³-hybridized carbons (Fsp3) is 0.529. The van der Waals surface area contributed by atoms with Crippen molar-refractivity contribution in [1.82, 2.24) is 5.32 Å². The molecule has 1 rings (SSSR count). The van der Waals surface area contributed by atoms with Crippen molar-refractivity contribution in [3.63, 3.8) is 0 Å². The summed E-state index contributed by atoms with van der Waals surface area (Å²) in [6.45, 7) is 8.64. The maximum atomic E-state index is 12.0. The number of hydrogen-bond donors (Lipinski definition) is 2. The minimum absolute atomic E-state index is 0.111. The van der Waals surface area contributed by atoms with Crippen LogP contribution in [0.1, 0.15) is 34.1 Å². The SMILES string of the molecule is CCOc1ccccc1NC(=O)CCNC(=O)[C@@H](Br)C(C)(C)C. The van der Waals surface area contributed by atoms with Gasteiger partial charge in [0.25, 0.3) is 0 Å². The topological polar surface area (TPSA) is 67.4 Å². The van der Waals surface area contributed by atoms with Crippen LogP contribution in [-0.2, 0) is 9.59 Å².